The first-order chi connectivity index (χ1) is 11.0. The number of hydrogen-bond acceptors (Lipinski definition) is 5. The molecule has 23 heavy (non-hydrogen) atoms. The summed E-state index contributed by atoms with van der Waals surface area (Å²) in [5.41, 5.74) is -0.890. The number of benzene rings is 1. The molecular weight excluding hydrogens is 298 g/mol. The van der Waals surface area contributed by atoms with Crippen LogP contribution in [-0.2, 0) is 11.8 Å². The van der Waals surface area contributed by atoms with Gasteiger partial charge in [-0.25, -0.2) is 4.79 Å². The SMILES string of the molecule is CCOC(=O)c1cn(C)c2c(c1=O)C(=O)c1ccccc1C2=O. The molecule has 0 fully saturated rings. The molecule has 0 amide bonds. The molecule has 0 saturated heterocycles. The number of nitrogens with zero attached hydrogens (tertiary/aromatic N) is 1. The summed E-state index contributed by atoms with van der Waals surface area (Å²) in [7, 11) is 1.51. The summed E-state index contributed by atoms with van der Waals surface area (Å²) < 4.78 is 6.17. The first-order valence-corrected chi connectivity index (χ1v) is 7.06. The van der Waals surface area contributed by atoms with Crippen molar-refractivity contribution < 1.29 is 19.1 Å². The van der Waals surface area contributed by atoms with E-state index >= 15 is 0 Å². The molecule has 1 aliphatic carbocycles. The molecule has 0 N–H and O–H groups in total. The molecule has 0 unspecified atom stereocenters. The van der Waals surface area contributed by atoms with Crippen molar-refractivity contribution in [3.8, 4) is 0 Å². The lowest BCUT2D eigenvalue weighted by atomic mass is 9.86. The van der Waals surface area contributed by atoms with Crippen LogP contribution in [0, 0.1) is 0 Å². The van der Waals surface area contributed by atoms with Gasteiger partial charge in [-0.05, 0) is 6.92 Å². The number of esters is 1. The number of rotatable bonds is 2. The fraction of sp³-hybridized carbons (Fsp3) is 0.176. The predicted molar refractivity (Wildman–Crippen MR) is 80.9 cm³/mol. The quantitative estimate of drug-likeness (QED) is 0.667. The topological polar surface area (TPSA) is 82.4 Å². The normalized spacial score (nSPS) is 12.6. The minimum atomic E-state index is -0.810. The first kappa shape index (κ1) is 14.9. The highest BCUT2D eigenvalue weighted by molar-refractivity contribution is 6.28. The number of aromatic nitrogens is 1. The fourth-order valence-corrected chi connectivity index (χ4v) is 2.72. The Hall–Kier alpha value is -3.02. The third kappa shape index (κ3) is 2.11. The van der Waals surface area contributed by atoms with Gasteiger partial charge < -0.3 is 9.30 Å². The molecule has 0 atom stereocenters. The Kier molecular flexibility index (Phi) is 3.44. The minimum absolute atomic E-state index is 0.00764. The molecule has 0 bridgehead atoms. The van der Waals surface area contributed by atoms with E-state index in [9.17, 15) is 19.2 Å². The van der Waals surface area contributed by atoms with Crippen LogP contribution in [0.15, 0.2) is 35.3 Å². The number of pyridine rings is 1. The van der Waals surface area contributed by atoms with E-state index in [2.05, 4.69) is 0 Å². The van der Waals surface area contributed by atoms with Crippen LogP contribution < -0.4 is 5.43 Å². The van der Waals surface area contributed by atoms with Crippen LogP contribution in [0.2, 0.25) is 0 Å². The molecule has 6 heteroatoms. The van der Waals surface area contributed by atoms with E-state index in [1.54, 1.807) is 25.1 Å². The lowest BCUT2D eigenvalue weighted by molar-refractivity contribution is 0.0523. The van der Waals surface area contributed by atoms with Crippen LogP contribution >= 0.6 is 0 Å². The number of carbonyl (C=O) groups is 3. The van der Waals surface area contributed by atoms with Crippen molar-refractivity contribution in [2.45, 2.75) is 6.92 Å². The number of hydrogen-bond donors (Lipinski definition) is 0. The number of aryl methyl sites for hydroxylation is 1. The monoisotopic (exact) mass is 311 g/mol. The highest BCUT2D eigenvalue weighted by Crippen LogP contribution is 2.25. The van der Waals surface area contributed by atoms with Gasteiger partial charge in [0.25, 0.3) is 0 Å². The number of ether oxygens (including phenoxy) is 1. The van der Waals surface area contributed by atoms with Crippen LogP contribution in [0.4, 0.5) is 0 Å². The van der Waals surface area contributed by atoms with Crippen molar-refractivity contribution in [2.75, 3.05) is 6.61 Å². The molecule has 116 valence electrons. The summed E-state index contributed by atoms with van der Waals surface area (Å²) in [6.45, 7) is 1.72. The summed E-state index contributed by atoms with van der Waals surface area (Å²) in [5.74, 6) is -1.78. The summed E-state index contributed by atoms with van der Waals surface area (Å²) in [5, 5.41) is 0. The number of fused-ring (bicyclic) bond motifs is 2. The highest BCUT2D eigenvalue weighted by atomic mass is 16.5. The van der Waals surface area contributed by atoms with Crippen LogP contribution in [0.5, 0.6) is 0 Å². The molecule has 1 aliphatic rings. The summed E-state index contributed by atoms with van der Waals surface area (Å²) in [4.78, 5) is 49.7. The van der Waals surface area contributed by atoms with E-state index in [1.807, 2.05) is 0 Å². The molecular formula is C17H13NO5. The molecule has 3 rings (SSSR count). The van der Waals surface area contributed by atoms with Gasteiger partial charge >= 0.3 is 5.97 Å². The minimum Gasteiger partial charge on any atom is -0.462 e. The van der Waals surface area contributed by atoms with Gasteiger partial charge in [-0.15, -0.1) is 0 Å². The maximum absolute atomic E-state index is 12.6. The van der Waals surface area contributed by atoms with Gasteiger partial charge in [0.2, 0.25) is 11.2 Å². The van der Waals surface area contributed by atoms with E-state index in [1.165, 1.54) is 23.9 Å². The molecule has 1 aromatic heterocycles. The molecule has 0 radical (unpaired) electrons. The Morgan fingerprint density at radius 1 is 1.09 bits per heavy atom. The average Bonchev–Trinajstić information content (AvgIpc) is 2.54. The second kappa shape index (κ2) is 5.31. The molecule has 2 aromatic rings. The van der Waals surface area contributed by atoms with Gasteiger partial charge in [-0.1, -0.05) is 24.3 Å². The standard InChI is InChI=1S/C17H13NO5/c1-3-23-17(22)11-8-18(2)13-12(15(11)20)14(19)9-6-4-5-7-10(9)16(13)21/h4-8H,3H2,1-2H3. The summed E-state index contributed by atoms with van der Waals surface area (Å²) in [6, 6.07) is 6.31. The molecule has 0 spiro atoms. The Balaban J connectivity index is 2.31. The third-order valence-electron chi connectivity index (χ3n) is 3.74. The van der Waals surface area contributed by atoms with Crippen LogP contribution in [-0.4, -0.2) is 28.7 Å². The molecule has 1 heterocycles. The second-order valence-electron chi connectivity index (χ2n) is 5.13. The largest absolute Gasteiger partial charge is 0.462 e. The van der Waals surface area contributed by atoms with Crippen molar-refractivity contribution in [1.29, 1.82) is 0 Å². The molecule has 0 saturated carbocycles. The van der Waals surface area contributed by atoms with Crippen molar-refractivity contribution in [3.63, 3.8) is 0 Å². The zero-order chi connectivity index (χ0) is 16.7. The molecule has 6 nitrogen and oxygen atoms in total. The van der Waals surface area contributed by atoms with Crippen molar-refractivity contribution >= 4 is 17.5 Å². The van der Waals surface area contributed by atoms with Crippen LogP contribution in [0.25, 0.3) is 0 Å². The average molecular weight is 311 g/mol. The molecule has 0 aliphatic heterocycles. The Morgan fingerprint density at radius 3 is 2.30 bits per heavy atom. The Labute approximate surface area is 131 Å². The van der Waals surface area contributed by atoms with Crippen molar-refractivity contribution in [3.05, 3.63) is 68.6 Å². The zero-order valence-corrected chi connectivity index (χ0v) is 12.6. The van der Waals surface area contributed by atoms with E-state index in [4.69, 9.17) is 4.74 Å². The van der Waals surface area contributed by atoms with Crippen molar-refractivity contribution in [1.82, 2.24) is 4.57 Å². The smallest absolute Gasteiger partial charge is 0.343 e. The number of carbonyl (C=O) groups excluding carboxylic acids is 3. The van der Waals surface area contributed by atoms with Crippen molar-refractivity contribution in [2.24, 2.45) is 7.05 Å². The lowest BCUT2D eigenvalue weighted by Crippen LogP contribution is -2.34. The molecule has 1 aromatic carbocycles. The van der Waals surface area contributed by atoms with E-state index < -0.39 is 23.0 Å². The third-order valence-corrected chi connectivity index (χ3v) is 3.74. The van der Waals surface area contributed by atoms with Gasteiger partial charge in [-0.2, -0.15) is 0 Å². The predicted octanol–water partition coefficient (Wildman–Crippen LogP) is 1.34. The Morgan fingerprint density at radius 2 is 1.70 bits per heavy atom. The van der Waals surface area contributed by atoms with Gasteiger partial charge in [0, 0.05) is 24.4 Å². The highest BCUT2D eigenvalue weighted by Gasteiger charge is 2.35. The maximum Gasteiger partial charge on any atom is 0.343 e. The van der Waals surface area contributed by atoms with Gasteiger partial charge in [-0.3, -0.25) is 14.4 Å². The van der Waals surface area contributed by atoms with E-state index in [-0.39, 0.29) is 34.6 Å². The second-order valence-corrected chi connectivity index (χ2v) is 5.13. The summed E-state index contributed by atoms with van der Waals surface area (Å²) in [6.07, 6.45) is 1.23. The van der Waals surface area contributed by atoms with Gasteiger partial charge in [0.05, 0.1) is 12.2 Å². The Bertz CT molecular complexity index is 923. The fourth-order valence-electron chi connectivity index (χ4n) is 2.72. The first-order valence-electron chi connectivity index (χ1n) is 7.06. The van der Waals surface area contributed by atoms with Crippen LogP contribution in [0.3, 0.4) is 0 Å². The van der Waals surface area contributed by atoms with Gasteiger partial charge in [0.1, 0.15) is 11.3 Å². The lowest BCUT2D eigenvalue weighted by Gasteiger charge is -2.20. The zero-order valence-electron chi connectivity index (χ0n) is 12.6. The van der Waals surface area contributed by atoms with Gasteiger partial charge in [0.15, 0.2) is 5.78 Å². The maximum atomic E-state index is 12.6. The van der Waals surface area contributed by atoms with E-state index in [0.29, 0.717) is 0 Å². The van der Waals surface area contributed by atoms with Crippen LogP contribution in [0.1, 0.15) is 49.3 Å². The van der Waals surface area contributed by atoms with E-state index in [0.717, 1.165) is 0 Å². The number of ketones is 2. The summed E-state index contributed by atoms with van der Waals surface area (Å²) >= 11 is 0.